The van der Waals surface area contributed by atoms with Crippen LogP contribution in [-0.2, 0) is 40.1 Å². The fraction of sp³-hybridized carbons (Fsp3) is 0.294. The fourth-order valence-electron chi connectivity index (χ4n) is 8.84. The highest BCUT2D eigenvalue weighted by Gasteiger charge is 2.71. The highest BCUT2D eigenvalue weighted by molar-refractivity contribution is 7.90. The molecule has 0 radical (unpaired) electrons. The molecule has 0 saturated heterocycles. The number of benzene rings is 4. The first-order valence-corrected chi connectivity index (χ1v) is 21.8. The quantitative estimate of drug-likeness (QED) is 0.170. The Morgan fingerprint density at radius 2 is 0.460 bits per heavy atom. The first kappa shape index (κ1) is 34.9. The third-order valence-corrected chi connectivity index (χ3v) is 16.1. The van der Waals surface area contributed by atoms with Gasteiger partial charge in [-0.25, -0.2) is 52.6 Å². The molecule has 50 heavy (non-hydrogen) atoms. The van der Waals surface area contributed by atoms with Gasteiger partial charge in [-0.05, 0) is 87.1 Å². The van der Waals surface area contributed by atoms with E-state index in [9.17, 15) is 33.7 Å². The SMILES string of the molecule is O=S(=O)(NC12CC3(NS(=O)(=O)c4ccccc4)CC(NS(=O)(=O)c4ccccc4)(C1)CC(NS(=O)(=O)c1ccccc1)(C2)C3)c1ccccc1. The zero-order valence-corrected chi connectivity index (χ0v) is 30.0. The summed E-state index contributed by atoms with van der Waals surface area (Å²) in [5.74, 6) is 0. The monoisotopic (exact) mass is 756 g/mol. The Morgan fingerprint density at radius 1 is 0.300 bits per heavy atom. The third-order valence-electron chi connectivity index (χ3n) is 9.68. The molecule has 4 aliphatic carbocycles. The Kier molecular flexibility index (Phi) is 8.42. The van der Waals surface area contributed by atoms with Crippen molar-refractivity contribution in [2.24, 2.45) is 0 Å². The minimum absolute atomic E-state index is 0.0486. The number of sulfonamides is 4. The topological polar surface area (TPSA) is 185 Å². The number of rotatable bonds is 12. The Hall–Kier alpha value is -3.48. The van der Waals surface area contributed by atoms with Crippen LogP contribution in [0.5, 0.6) is 0 Å². The van der Waals surface area contributed by atoms with Gasteiger partial charge in [0.2, 0.25) is 40.1 Å². The summed E-state index contributed by atoms with van der Waals surface area (Å²) in [6.45, 7) is 0. The molecule has 0 aromatic heterocycles. The first-order chi connectivity index (χ1) is 23.5. The van der Waals surface area contributed by atoms with E-state index in [4.69, 9.17) is 0 Å². The summed E-state index contributed by atoms with van der Waals surface area (Å²) in [6, 6.07) is 30.5. The highest BCUT2D eigenvalue weighted by atomic mass is 32.2. The van der Waals surface area contributed by atoms with Gasteiger partial charge in [-0.15, -0.1) is 0 Å². The van der Waals surface area contributed by atoms with Gasteiger partial charge in [-0.1, -0.05) is 72.8 Å². The van der Waals surface area contributed by atoms with Crippen LogP contribution in [0.3, 0.4) is 0 Å². The van der Waals surface area contributed by atoms with E-state index in [1.807, 2.05) is 0 Å². The number of nitrogens with one attached hydrogen (secondary N) is 4. The van der Waals surface area contributed by atoms with Gasteiger partial charge in [-0.3, -0.25) is 0 Å². The predicted octanol–water partition coefficient (Wildman–Crippen LogP) is 3.24. The van der Waals surface area contributed by atoms with E-state index in [1.54, 1.807) is 72.8 Å². The molecule has 16 heteroatoms. The van der Waals surface area contributed by atoms with Crippen molar-refractivity contribution in [2.45, 2.75) is 80.3 Å². The van der Waals surface area contributed by atoms with Gasteiger partial charge < -0.3 is 0 Å². The minimum Gasteiger partial charge on any atom is -0.207 e. The maximum Gasteiger partial charge on any atom is 0.241 e. The minimum atomic E-state index is -4.27. The fourth-order valence-corrected chi connectivity index (χ4v) is 14.5. The summed E-state index contributed by atoms with van der Waals surface area (Å²) in [4.78, 5) is -0.194. The van der Waals surface area contributed by atoms with Gasteiger partial charge in [0.05, 0.1) is 19.6 Å². The summed E-state index contributed by atoms with van der Waals surface area (Å²) in [6.07, 6.45) is -0.406. The normalized spacial score (nSPS) is 28.0. The van der Waals surface area contributed by atoms with Crippen molar-refractivity contribution in [3.63, 3.8) is 0 Å². The second-order valence-electron chi connectivity index (χ2n) is 13.9. The summed E-state index contributed by atoms with van der Waals surface area (Å²) < 4.78 is 124. The second-order valence-corrected chi connectivity index (χ2v) is 20.6. The van der Waals surface area contributed by atoms with Crippen molar-refractivity contribution in [2.75, 3.05) is 0 Å². The van der Waals surface area contributed by atoms with Crippen LogP contribution in [-0.4, -0.2) is 55.8 Å². The maximum absolute atomic E-state index is 14.0. The molecule has 4 bridgehead atoms. The number of hydrogen-bond donors (Lipinski definition) is 4. The van der Waals surface area contributed by atoms with Crippen molar-refractivity contribution < 1.29 is 33.7 Å². The van der Waals surface area contributed by atoms with Gasteiger partial charge in [-0.2, -0.15) is 0 Å². The Morgan fingerprint density at radius 3 is 0.620 bits per heavy atom. The van der Waals surface area contributed by atoms with Crippen LogP contribution >= 0.6 is 0 Å². The lowest BCUT2D eigenvalue weighted by atomic mass is 9.45. The zero-order valence-electron chi connectivity index (χ0n) is 26.7. The van der Waals surface area contributed by atoms with Crippen molar-refractivity contribution >= 4 is 40.1 Å². The molecule has 0 amide bonds. The molecule has 0 aliphatic heterocycles. The van der Waals surface area contributed by atoms with Gasteiger partial charge in [0, 0.05) is 22.2 Å². The lowest BCUT2D eigenvalue weighted by Crippen LogP contribution is -2.83. The third kappa shape index (κ3) is 6.66. The molecule has 8 rings (SSSR count). The standard InChI is InChI=1S/C34H36N4O8S4/c39-47(40,27-13-5-1-6-14-27)35-31-21-32(36-48(41,42)28-15-7-2-8-16-28)24-33(22-31,37-49(43,44)29-17-9-3-10-18-29)26-34(23-31,25-32)38-50(45,46)30-19-11-4-12-20-30/h1-20,35-38H,21-26H2. The molecule has 0 heterocycles. The first-order valence-electron chi connectivity index (χ1n) is 15.9. The van der Waals surface area contributed by atoms with Crippen LogP contribution in [0.1, 0.15) is 38.5 Å². The van der Waals surface area contributed by atoms with Crippen molar-refractivity contribution in [3.8, 4) is 0 Å². The zero-order chi connectivity index (χ0) is 35.5. The second kappa shape index (κ2) is 12.1. The van der Waals surface area contributed by atoms with E-state index in [2.05, 4.69) is 18.9 Å². The smallest absolute Gasteiger partial charge is 0.207 e. The molecule has 264 valence electrons. The molecule has 4 aromatic carbocycles. The van der Waals surface area contributed by atoms with Crippen LogP contribution in [0, 0.1) is 0 Å². The summed E-state index contributed by atoms with van der Waals surface area (Å²) >= 11 is 0. The van der Waals surface area contributed by atoms with Crippen molar-refractivity contribution in [3.05, 3.63) is 121 Å². The van der Waals surface area contributed by atoms with Gasteiger partial charge in [0.25, 0.3) is 0 Å². The lowest BCUT2D eigenvalue weighted by molar-refractivity contribution is -0.0737. The van der Waals surface area contributed by atoms with Crippen LogP contribution in [0.4, 0.5) is 0 Å². The highest BCUT2D eigenvalue weighted by Crippen LogP contribution is 2.62. The molecule has 4 aliphatic rings. The average Bonchev–Trinajstić information content (AvgIpc) is 3.04. The molecule has 0 atom stereocenters. The predicted molar refractivity (Wildman–Crippen MR) is 186 cm³/mol. The van der Waals surface area contributed by atoms with Crippen LogP contribution in [0.25, 0.3) is 0 Å². The largest absolute Gasteiger partial charge is 0.241 e. The van der Waals surface area contributed by atoms with E-state index in [0.29, 0.717) is 0 Å². The maximum atomic E-state index is 14.0. The van der Waals surface area contributed by atoms with E-state index in [1.165, 1.54) is 48.5 Å². The molecular formula is C34H36N4O8S4. The number of hydrogen-bond acceptors (Lipinski definition) is 8. The molecule has 4 saturated carbocycles. The van der Waals surface area contributed by atoms with Crippen molar-refractivity contribution in [1.29, 1.82) is 0 Å². The molecule has 0 spiro atoms. The van der Waals surface area contributed by atoms with Crippen LogP contribution in [0.15, 0.2) is 141 Å². The van der Waals surface area contributed by atoms with Crippen LogP contribution < -0.4 is 18.9 Å². The van der Waals surface area contributed by atoms with E-state index >= 15 is 0 Å². The van der Waals surface area contributed by atoms with E-state index < -0.39 is 62.2 Å². The molecule has 4 fully saturated rings. The Labute approximate surface area is 292 Å². The summed E-state index contributed by atoms with van der Waals surface area (Å²) in [5.41, 5.74) is -6.00. The Bertz CT molecular complexity index is 1970. The van der Waals surface area contributed by atoms with Gasteiger partial charge in [0.1, 0.15) is 0 Å². The average molecular weight is 757 g/mol. The summed E-state index contributed by atoms with van der Waals surface area (Å²) in [7, 11) is -17.1. The van der Waals surface area contributed by atoms with Crippen LogP contribution in [0.2, 0.25) is 0 Å². The molecule has 4 aromatic rings. The van der Waals surface area contributed by atoms with Gasteiger partial charge >= 0.3 is 0 Å². The van der Waals surface area contributed by atoms with Gasteiger partial charge in [0.15, 0.2) is 0 Å². The lowest BCUT2D eigenvalue weighted by Gasteiger charge is -2.69. The molecule has 12 nitrogen and oxygen atoms in total. The van der Waals surface area contributed by atoms with E-state index in [0.717, 1.165) is 0 Å². The molecule has 4 N–H and O–H groups in total. The molecular weight excluding hydrogens is 721 g/mol. The summed E-state index contributed by atoms with van der Waals surface area (Å²) in [5, 5.41) is 0. The Balaban J connectivity index is 1.41. The van der Waals surface area contributed by atoms with Crippen molar-refractivity contribution in [1.82, 2.24) is 18.9 Å². The molecule has 0 unspecified atom stereocenters. The van der Waals surface area contributed by atoms with E-state index in [-0.39, 0.29) is 58.1 Å².